The maximum Gasteiger partial charge on any atom is 0.311 e. The SMILES string of the molecule is CCCCC/C=C\C=C\CCCCCCCCC(=O)Oc1ccc2c(c1)C(=O)/C(=C/c1ccc(OC)c(OC)c1)O2. The number of Topliss-reactive ketones (excluding diaryl/α,β-unsaturated/α-hetero) is 1. The highest BCUT2D eigenvalue weighted by Gasteiger charge is 2.28. The molecule has 6 nitrogen and oxygen atoms in total. The molecule has 0 N–H and O–H groups in total. The second kappa shape index (κ2) is 17.8. The molecule has 2 aromatic carbocycles. The summed E-state index contributed by atoms with van der Waals surface area (Å²) >= 11 is 0. The zero-order valence-corrected chi connectivity index (χ0v) is 24.8. The third-order valence-corrected chi connectivity index (χ3v) is 6.94. The van der Waals surface area contributed by atoms with E-state index in [0.717, 1.165) is 31.2 Å². The van der Waals surface area contributed by atoms with Crippen LogP contribution in [0.3, 0.4) is 0 Å². The largest absolute Gasteiger partial charge is 0.493 e. The van der Waals surface area contributed by atoms with Crippen LogP contribution in [0.15, 0.2) is 66.5 Å². The molecule has 0 spiro atoms. The number of unbranched alkanes of at least 4 members (excludes halogenated alkanes) is 9. The summed E-state index contributed by atoms with van der Waals surface area (Å²) in [5.74, 6) is 1.60. The van der Waals surface area contributed by atoms with Gasteiger partial charge in [-0.3, -0.25) is 9.59 Å². The number of rotatable bonds is 18. The number of hydrogen-bond acceptors (Lipinski definition) is 6. The highest BCUT2D eigenvalue weighted by atomic mass is 16.5. The molecule has 0 atom stereocenters. The number of ether oxygens (including phenoxy) is 4. The molecule has 0 aliphatic carbocycles. The van der Waals surface area contributed by atoms with E-state index in [-0.39, 0.29) is 17.5 Å². The van der Waals surface area contributed by atoms with E-state index in [4.69, 9.17) is 18.9 Å². The van der Waals surface area contributed by atoms with Gasteiger partial charge in [-0.1, -0.05) is 75.8 Å². The summed E-state index contributed by atoms with van der Waals surface area (Å²) in [6.07, 6.45) is 23.5. The minimum Gasteiger partial charge on any atom is -0.493 e. The Morgan fingerprint density at radius 1 is 0.805 bits per heavy atom. The highest BCUT2D eigenvalue weighted by molar-refractivity contribution is 6.14. The molecule has 6 heteroatoms. The molecule has 1 aliphatic rings. The Morgan fingerprint density at radius 2 is 1.49 bits per heavy atom. The molecule has 1 heterocycles. The normalized spacial score (nSPS) is 13.6. The topological polar surface area (TPSA) is 71.1 Å². The summed E-state index contributed by atoms with van der Waals surface area (Å²) in [6.45, 7) is 2.23. The van der Waals surface area contributed by atoms with Gasteiger partial charge in [0.05, 0.1) is 19.8 Å². The molecule has 0 fully saturated rings. The van der Waals surface area contributed by atoms with Crippen molar-refractivity contribution >= 4 is 17.8 Å². The Kier molecular flexibility index (Phi) is 13.8. The minimum absolute atomic E-state index is 0.196. The predicted octanol–water partition coefficient (Wildman–Crippen LogP) is 9.04. The van der Waals surface area contributed by atoms with Gasteiger partial charge in [0, 0.05) is 6.42 Å². The fraction of sp³-hybridized carbons (Fsp3) is 0.429. The van der Waals surface area contributed by atoms with Gasteiger partial charge in [0.25, 0.3) is 0 Å². The molecule has 0 bridgehead atoms. The van der Waals surface area contributed by atoms with Crippen molar-refractivity contribution in [1.29, 1.82) is 0 Å². The molecular weight excluding hydrogens is 516 g/mol. The van der Waals surface area contributed by atoms with Crippen LogP contribution in [0.1, 0.15) is 99.9 Å². The Balaban J connectivity index is 1.34. The van der Waals surface area contributed by atoms with Crippen LogP contribution in [-0.4, -0.2) is 26.0 Å². The first-order chi connectivity index (χ1) is 20.0. The van der Waals surface area contributed by atoms with Gasteiger partial charge in [0.15, 0.2) is 17.3 Å². The molecule has 0 aromatic heterocycles. The summed E-state index contributed by atoms with van der Waals surface area (Å²) in [7, 11) is 3.12. The van der Waals surface area contributed by atoms with Crippen LogP contribution in [-0.2, 0) is 4.79 Å². The van der Waals surface area contributed by atoms with Crippen molar-refractivity contribution in [2.24, 2.45) is 0 Å². The quantitative estimate of drug-likeness (QED) is 0.0595. The number of allylic oxidation sites excluding steroid dienone is 5. The Morgan fingerprint density at radius 3 is 2.20 bits per heavy atom. The number of hydrogen-bond donors (Lipinski definition) is 0. The lowest BCUT2D eigenvalue weighted by molar-refractivity contribution is -0.134. The lowest BCUT2D eigenvalue weighted by Gasteiger charge is -2.08. The van der Waals surface area contributed by atoms with Crippen LogP contribution < -0.4 is 18.9 Å². The zero-order chi connectivity index (χ0) is 29.3. The first-order valence-corrected chi connectivity index (χ1v) is 14.9. The fourth-order valence-electron chi connectivity index (χ4n) is 4.61. The van der Waals surface area contributed by atoms with Crippen molar-refractivity contribution in [2.75, 3.05) is 14.2 Å². The van der Waals surface area contributed by atoms with Gasteiger partial charge in [-0.2, -0.15) is 0 Å². The van der Waals surface area contributed by atoms with E-state index in [1.54, 1.807) is 50.6 Å². The summed E-state index contributed by atoms with van der Waals surface area (Å²) in [5.41, 5.74) is 1.11. The van der Waals surface area contributed by atoms with Crippen LogP contribution in [0.5, 0.6) is 23.0 Å². The summed E-state index contributed by atoms with van der Waals surface area (Å²) in [5, 5.41) is 0. The molecule has 0 unspecified atom stereocenters. The molecule has 0 saturated heterocycles. The monoisotopic (exact) mass is 560 g/mol. The third kappa shape index (κ3) is 10.6. The zero-order valence-electron chi connectivity index (χ0n) is 24.8. The molecule has 41 heavy (non-hydrogen) atoms. The van der Waals surface area contributed by atoms with Crippen molar-refractivity contribution < 1.29 is 28.5 Å². The van der Waals surface area contributed by atoms with Gasteiger partial charge < -0.3 is 18.9 Å². The third-order valence-electron chi connectivity index (χ3n) is 6.94. The minimum atomic E-state index is -0.287. The van der Waals surface area contributed by atoms with Crippen LogP contribution in [0.25, 0.3) is 6.08 Å². The van der Waals surface area contributed by atoms with E-state index in [1.165, 1.54) is 44.9 Å². The molecular formula is C35H44O6. The first kappa shape index (κ1) is 31.7. The van der Waals surface area contributed by atoms with Crippen LogP contribution in [0.2, 0.25) is 0 Å². The van der Waals surface area contributed by atoms with E-state index in [0.29, 0.717) is 35.0 Å². The van der Waals surface area contributed by atoms with Gasteiger partial charge in [-0.15, -0.1) is 0 Å². The van der Waals surface area contributed by atoms with Crippen molar-refractivity contribution in [3.05, 3.63) is 77.6 Å². The van der Waals surface area contributed by atoms with Crippen molar-refractivity contribution in [3.63, 3.8) is 0 Å². The van der Waals surface area contributed by atoms with Crippen LogP contribution >= 0.6 is 0 Å². The maximum atomic E-state index is 12.9. The summed E-state index contributed by atoms with van der Waals surface area (Å²) in [6, 6.07) is 10.2. The van der Waals surface area contributed by atoms with Crippen molar-refractivity contribution in [1.82, 2.24) is 0 Å². The van der Waals surface area contributed by atoms with Crippen molar-refractivity contribution in [3.8, 4) is 23.0 Å². The average molecular weight is 561 g/mol. The molecule has 1 aliphatic heterocycles. The predicted molar refractivity (Wildman–Crippen MR) is 164 cm³/mol. The molecule has 2 aromatic rings. The second-order valence-electron chi connectivity index (χ2n) is 10.2. The van der Waals surface area contributed by atoms with E-state index in [2.05, 4.69) is 31.2 Å². The number of ketones is 1. The van der Waals surface area contributed by atoms with Gasteiger partial charge in [-0.25, -0.2) is 0 Å². The standard InChI is InChI=1S/C35H44O6/c1-4-5-6-7-8-9-10-11-12-13-14-15-16-17-18-19-34(36)40-28-21-23-30-29(26-28)35(37)33(41-30)25-27-20-22-31(38-2)32(24-27)39-3/h8-11,20-26H,4-7,12-19H2,1-3H3/b9-8-,11-10+,33-25-. The number of carbonyl (C=O) groups is 2. The van der Waals surface area contributed by atoms with Gasteiger partial charge in [-0.05, 0) is 74.1 Å². The van der Waals surface area contributed by atoms with Gasteiger partial charge in [0.2, 0.25) is 5.78 Å². The second-order valence-corrected chi connectivity index (χ2v) is 10.2. The number of benzene rings is 2. The van der Waals surface area contributed by atoms with E-state index in [1.807, 2.05) is 6.07 Å². The van der Waals surface area contributed by atoms with E-state index in [9.17, 15) is 9.59 Å². The Labute approximate surface area is 245 Å². The number of fused-ring (bicyclic) bond motifs is 1. The highest BCUT2D eigenvalue weighted by Crippen LogP contribution is 2.35. The number of carbonyl (C=O) groups excluding carboxylic acids is 2. The maximum absolute atomic E-state index is 12.9. The average Bonchev–Trinajstić information content (AvgIpc) is 3.29. The van der Waals surface area contributed by atoms with E-state index < -0.39 is 0 Å². The molecule has 220 valence electrons. The Hall–Kier alpha value is -3.80. The molecule has 3 rings (SSSR count). The van der Waals surface area contributed by atoms with Crippen LogP contribution in [0, 0.1) is 0 Å². The number of esters is 1. The molecule has 0 saturated carbocycles. The van der Waals surface area contributed by atoms with Crippen molar-refractivity contribution in [2.45, 2.75) is 84.0 Å². The van der Waals surface area contributed by atoms with E-state index >= 15 is 0 Å². The Bertz CT molecular complexity index is 1220. The summed E-state index contributed by atoms with van der Waals surface area (Å²) in [4.78, 5) is 25.3. The molecule has 0 amide bonds. The van der Waals surface area contributed by atoms with Gasteiger partial charge in [0.1, 0.15) is 11.5 Å². The summed E-state index contributed by atoms with van der Waals surface area (Å²) < 4.78 is 21.9. The lowest BCUT2D eigenvalue weighted by Crippen LogP contribution is -2.08. The fourth-order valence-corrected chi connectivity index (χ4v) is 4.61. The lowest BCUT2D eigenvalue weighted by atomic mass is 10.1. The molecule has 0 radical (unpaired) electrons. The first-order valence-electron chi connectivity index (χ1n) is 14.9. The smallest absolute Gasteiger partial charge is 0.311 e. The van der Waals surface area contributed by atoms with Gasteiger partial charge >= 0.3 is 5.97 Å². The van der Waals surface area contributed by atoms with Crippen LogP contribution in [0.4, 0.5) is 0 Å². The number of methoxy groups -OCH3 is 2.